The quantitative estimate of drug-likeness (QED) is 0.758. The number of rotatable bonds is 2. The van der Waals surface area contributed by atoms with Crippen molar-refractivity contribution < 1.29 is 4.74 Å². The fraction of sp³-hybridized carbons (Fsp3) is 1.00. The normalized spacial score (nSPS) is 53.7. The van der Waals surface area contributed by atoms with Gasteiger partial charge in [-0.05, 0) is 60.7 Å². The molecule has 2 atom stereocenters. The molecule has 0 unspecified atom stereocenters. The number of hydrogen-bond acceptors (Lipinski definition) is 2. The first kappa shape index (κ1) is 12.6. The Kier molecular flexibility index (Phi) is 2.65. The van der Waals surface area contributed by atoms with Crippen LogP contribution in [0.1, 0.15) is 52.4 Å². The van der Waals surface area contributed by atoms with E-state index in [9.17, 15) is 0 Å². The molecule has 4 saturated carbocycles. The molecule has 2 nitrogen and oxygen atoms in total. The van der Waals surface area contributed by atoms with E-state index in [1.54, 1.807) is 0 Å². The Balaban J connectivity index is 1.56. The second-order valence-electron chi connectivity index (χ2n) is 9.02. The Morgan fingerprint density at radius 3 is 2.16 bits per heavy atom. The van der Waals surface area contributed by atoms with Gasteiger partial charge in [-0.3, -0.25) is 4.90 Å². The molecule has 108 valence electrons. The van der Waals surface area contributed by atoms with E-state index in [2.05, 4.69) is 18.7 Å². The van der Waals surface area contributed by atoms with Crippen LogP contribution in [0.3, 0.4) is 0 Å². The lowest BCUT2D eigenvalue weighted by Crippen LogP contribution is -2.58. The van der Waals surface area contributed by atoms with Gasteiger partial charge in [0.05, 0.1) is 13.2 Å². The summed E-state index contributed by atoms with van der Waals surface area (Å²) in [5.41, 5.74) is 1.99. The summed E-state index contributed by atoms with van der Waals surface area (Å²) in [4.78, 5) is 2.70. The van der Waals surface area contributed by atoms with Gasteiger partial charge in [-0.2, -0.15) is 0 Å². The average Bonchev–Trinajstić information content (AvgIpc) is 2.24. The van der Waals surface area contributed by atoms with Crippen LogP contribution in [0.4, 0.5) is 0 Å². The summed E-state index contributed by atoms with van der Waals surface area (Å²) in [6.45, 7) is 10.8. The summed E-state index contributed by atoms with van der Waals surface area (Å²) >= 11 is 0. The molecule has 5 aliphatic rings. The standard InChI is InChI=1S/C17H29NO/c1-15-7-14-8-16(2,10-15)12-17(9-14,11-15)13-18-3-5-19-6-4-18/h14H,3-13H2,1-2H3/t14?,15-,16-,17?/m1/s1. The fourth-order valence-electron chi connectivity index (χ4n) is 7.09. The summed E-state index contributed by atoms with van der Waals surface area (Å²) in [6.07, 6.45) is 9.07. The van der Waals surface area contributed by atoms with Crippen LogP contribution in [0.5, 0.6) is 0 Å². The van der Waals surface area contributed by atoms with Gasteiger partial charge in [0, 0.05) is 19.6 Å². The van der Waals surface area contributed by atoms with Gasteiger partial charge < -0.3 is 4.74 Å². The van der Waals surface area contributed by atoms with Gasteiger partial charge in [-0.15, -0.1) is 0 Å². The molecule has 2 heteroatoms. The molecule has 0 aromatic rings. The molecule has 1 heterocycles. The summed E-state index contributed by atoms with van der Waals surface area (Å²) in [5, 5.41) is 0. The third-order valence-corrected chi connectivity index (χ3v) is 6.40. The van der Waals surface area contributed by atoms with Gasteiger partial charge in [0.1, 0.15) is 0 Å². The van der Waals surface area contributed by atoms with Gasteiger partial charge in [-0.1, -0.05) is 13.8 Å². The maximum absolute atomic E-state index is 5.52. The highest BCUT2D eigenvalue weighted by atomic mass is 16.5. The van der Waals surface area contributed by atoms with Gasteiger partial charge in [0.2, 0.25) is 0 Å². The Bertz CT molecular complexity index is 355. The van der Waals surface area contributed by atoms with Crippen LogP contribution in [-0.2, 0) is 4.74 Å². The van der Waals surface area contributed by atoms with Crippen LogP contribution >= 0.6 is 0 Å². The number of nitrogens with zero attached hydrogens (tertiary/aromatic N) is 1. The minimum atomic E-state index is 0.653. The summed E-state index contributed by atoms with van der Waals surface area (Å²) in [6, 6.07) is 0. The highest BCUT2D eigenvalue weighted by Crippen LogP contribution is 2.69. The summed E-state index contributed by atoms with van der Waals surface area (Å²) < 4.78 is 5.52. The molecule has 1 saturated heterocycles. The van der Waals surface area contributed by atoms with E-state index in [0.717, 1.165) is 19.1 Å². The lowest BCUT2D eigenvalue weighted by atomic mass is 9.40. The van der Waals surface area contributed by atoms with Crippen molar-refractivity contribution in [2.75, 3.05) is 32.8 Å². The van der Waals surface area contributed by atoms with Crippen LogP contribution in [0.2, 0.25) is 0 Å². The van der Waals surface area contributed by atoms with E-state index in [1.165, 1.54) is 58.2 Å². The Morgan fingerprint density at radius 1 is 0.947 bits per heavy atom. The minimum Gasteiger partial charge on any atom is -0.379 e. The molecular formula is C17H29NO. The first-order valence-corrected chi connectivity index (χ1v) is 8.29. The van der Waals surface area contributed by atoms with Crippen molar-refractivity contribution in [3.63, 3.8) is 0 Å². The van der Waals surface area contributed by atoms with Crippen LogP contribution in [0, 0.1) is 22.2 Å². The summed E-state index contributed by atoms with van der Waals surface area (Å²) in [5.74, 6) is 1.03. The Hall–Kier alpha value is -0.0800. The Morgan fingerprint density at radius 2 is 1.58 bits per heavy atom. The number of ether oxygens (including phenoxy) is 1. The van der Waals surface area contributed by atoms with E-state index >= 15 is 0 Å². The van der Waals surface area contributed by atoms with E-state index in [4.69, 9.17) is 4.74 Å². The molecule has 4 aliphatic carbocycles. The smallest absolute Gasteiger partial charge is 0.0594 e. The number of morpholine rings is 1. The van der Waals surface area contributed by atoms with E-state index in [-0.39, 0.29) is 0 Å². The monoisotopic (exact) mass is 263 g/mol. The molecular weight excluding hydrogens is 234 g/mol. The lowest BCUT2D eigenvalue weighted by molar-refractivity contribution is -0.156. The fourth-order valence-corrected chi connectivity index (χ4v) is 7.09. The zero-order chi connectivity index (χ0) is 13.1. The molecule has 1 aliphatic heterocycles. The molecule has 0 N–H and O–H groups in total. The molecule has 5 rings (SSSR count). The first-order valence-electron chi connectivity index (χ1n) is 8.29. The van der Waals surface area contributed by atoms with Gasteiger partial charge in [0.25, 0.3) is 0 Å². The van der Waals surface area contributed by atoms with Gasteiger partial charge in [0.15, 0.2) is 0 Å². The molecule has 0 radical (unpaired) electrons. The maximum atomic E-state index is 5.52. The van der Waals surface area contributed by atoms with Crippen molar-refractivity contribution in [3.05, 3.63) is 0 Å². The lowest BCUT2D eigenvalue weighted by Gasteiger charge is -2.66. The van der Waals surface area contributed by atoms with Crippen LogP contribution in [-0.4, -0.2) is 37.7 Å². The third kappa shape index (κ3) is 2.15. The average molecular weight is 263 g/mol. The van der Waals surface area contributed by atoms with Gasteiger partial charge in [-0.25, -0.2) is 0 Å². The molecule has 0 spiro atoms. The zero-order valence-corrected chi connectivity index (χ0v) is 12.7. The summed E-state index contributed by atoms with van der Waals surface area (Å²) in [7, 11) is 0. The predicted molar refractivity (Wildman–Crippen MR) is 77.1 cm³/mol. The third-order valence-electron chi connectivity index (χ3n) is 6.40. The second-order valence-corrected chi connectivity index (χ2v) is 9.02. The van der Waals surface area contributed by atoms with Crippen LogP contribution in [0.15, 0.2) is 0 Å². The molecule has 19 heavy (non-hydrogen) atoms. The molecule has 0 amide bonds. The van der Waals surface area contributed by atoms with Crippen molar-refractivity contribution in [2.24, 2.45) is 22.2 Å². The SMILES string of the molecule is C[C@]12CC3CC(CN4CCOCC4)(C1)C[C@](C)(C3)C2. The predicted octanol–water partition coefficient (Wildman–Crippen LogP) is 3.32. The molecule has 5 fully saturated rings. The largest absolute Gasteiger partial charge is 0.379 e. The van der Waals surface area contributed by atoms with Crippen molar-refractivity contribution in [2.45, 2.75) is 52.4 Å². The first-order chi connectivity index (χ1) is 8.99. The van der Waals surface area contributed by atoms with E-state index in [1.807, 2.05) is 0 Å². The molecule has 4 bridgehead atoms. The van der Waals surface area contributed by atoms with Crippen LogP contribution < -0.4 is 0 Å². The minimum absolute atomic E-state index is 0.653. The zero-order valence-electron chi connectivity index (χ0n) is 12.7. The van der Waals surface area contributed by atoms with E-state index < -0.39 is 0 Å². The molecule has 0 aromatic heterocycles. The highest BCUT2D eigenvalue weighted by molar-refractivity contribution is 5.11. The van der Waals surface area contributed by atoms with Crippen molar-refractivity contribution in [3.8, 4) is 0 Å². The number of hydrogen-bond donors (Lipinski definition) is 0. The highest BCUT2D eigenvalue weighted by Gasteiger charge is 2.60. The maximum Gasteiger partial charge on any atom is 0.0594 e. The van der Waals surface area contributed by atoms with Crippen molar-refractivity contribution in [1.29, 1.82) is 0 Å². The van der Waals surface area contributed by atoms with E-state index in [0.29, 0.717) is 16.2 Å². The topological polar surface area (TPSA) is 12.5 Å². The van der Waals surface area contributed by atoms with Crippen LogP contribution in [0.25, 0.3) is 0 Å². The van der Waals surface area contributed by atoms with Crippen molar-refractivity contribution >= 4 is 0 Å². The molecule has 0 aromatic carbocycles. The van der Waals surface area contributed by atoms with Gasteiger partial charge >= 0.3 is 0 Å². The Labute approximate surface area is 117 Å². The second kappa shape index (κ2) is 3.98. The van der Waals surface area contributed by atoms with Crippen molar-refractivity contribution in [1.82, 2.24) is 4.90 Å².